The number of ether oxygens (including phenoxy) is 3. The predicted molar refractivity (Wildman–Crippen MR) is 152 cm³/mol. The van der Waals surface area contributed by atoms with Crippen LogP contribution in [0, 0.1) is 0 Å². The summed E-state index contributed by atoms with van der Waals surface area (Å²) in [5.74, 6) is 2.65. The van der Waals surface area contributed by atoms with Gasteiger partial charge in [-0.2, -0.15) is 0 Å². The van der Waals surface area contributed by atoms with Crippen molar-refractivity contribution >= 4 is 23.6 Å². The third-order valence-electron chi connectivity index (χ3n) is 5.97. The van der Waals surface area contributed by atoms with E-state index in [9.17, 15) is 4.79 Å². The van der Waals surface area contributed by atoms with Crippen molar-refractivity contribution in [1.29, 1.82) is 0 Å². The maximum Gasteiger partial charge on any atom is 0.246 e. The molecule has 0 aliphatic heterocycles. The molecule has 4 aromatic rings. The van der Waals surface area contributed by atoms with Gasteiger partial charge in [-0.1, -0.05) is 60.1 Å². The molecule has 0 fully saturated rings. The van der Waals surface area contributed by atoms with Crippen molar-refractivity contribution in [1.82, 2.24) is 4.90 Å². The van der Waals surface area contributed by atoms with Crippen molar-refractivity contribution in [3.8, 4) is 23.0 Å². The monoisotopic (exact) mass is 527 g/mol. The van der Waals surface area contributed by atoms with Gasteiger partial charge in [0, 0.05) is 24.2 Å². The van der Waals surface area contributed by atoms with Gasteiger partial charge in [0.15, 0.2) is 11.5 Å². The summed E-state index contributed by atoms with van der Waals surface area (Å²) in [6.07, 6.45) is 4.12. The molecule has 5 nitrogen and oxygen atoms in total. The molecule has 194 valence electrons. The molecule has 6 heteroatoms. The largest absolute Gasteiger partial charge is 0.493 e. The highest BCUT2D eigenvalue weighted by Crippen LogP contribution is 2.28. The first-order chi connectivity index (χ1) is 18.5. The fourth-order valence-electron chi connectivity index (χ4n) is 3.97. The molecule has 0 saturated heterocycles. The molecule has 0 aliphatic carbocycles. The van der Waals surface area contributed by atoms with Crippen molar-refractivity contribution in [2.45, 2.75) is 13.0 Å². The minimum Gasteiger partial charge on any atom is -0.493 e. The average Bonchev–Trinajstić information content (AvgIpc) is 2.95. The highest BCUT2D eigenvalue weighted by atomic mass is 35.5. The number of hydrogen-bond donors (Lipinski definition) is 0. The summed E-state index contributed by atoms with van der Waals surface area (Å²) >= 11 is 5.99. The summed E-state index contributed by atoms with van der Waals surface area (Å²) in [6.45, 7) is 0.957. The van der Waals surface area contributed by atoms with E-state index in [-0.39, 0.29) is 5.91 Å². The Labute approximate surface area is 228 Å². The van der Waals surface area contributed by atoms with Crippen LogP contribution in [0.15, 0.2) is 103 Å². The van der Waals surface area contributed by atoms with Gasteiger partial charge in [-0.25, -0.2) is 0 Å². The molecule has 0 aliphatic rings. The van der Waals surface area contributed by atoms with Gasteiger partial charge in [0.25, 0.3) is 0 Å². The lowest BCUT2D eigenvalue weighted by atomic mass is 10.1. The van der Waals surface area contributed by atoms with Gasteiger partial charge < -0.3 is 19.1 Å². The second-order valence-corrected chi connectivity index (χ2v) is 9.08. The van der Waals surface area contributed by atoms with Gasteiger partial charge in [-0.05, 0) is 77.7 Å². The number of halogens is 1. The molecule has 0 N–H and O–H groups in total. The Morgan fingerprint density at radius 3 is 2.29 bits per heavy atom. The lowest BCUT2D eigenvalue weighted by Crippen LogP contribution is -2.31. The molecule has 0 aromatic heterocycles. The number of rotatable bonds is 11. The third kappa shape index (κ3) is 7.64. The van der Waals surface area contributed by atoms with Crippen LogP contribution in [0.4, 0.5) is 0 Å². The van der Waals surface area contributed by atoms with Crippen molar-refractivity contribution in [2.75, 3.05) is 20.8 Å². The van der Waals surface area contributed by atoms with Crippen LogP contribution in [0.2, 0.25) is 5.02 Å². The third-order valence-corrected chi connectivity index (χ3v) is 6.22. The number of carbonyl (C=O) groups excluding carboxylic acids is 1. The molecule has 0 bridgehead atoms. The van der Waals surface area contributed by atoms with Crippen LogP contribution in [0.5, 0.6) is 23.0 Å². The van der Waals surface area contributed by atoms with Gasteiger partial charge in [0.2, 0.25) is 5.91 Å². The van der Waals surface area contributed by atoms with Crippen molar-refractivity contribution in [3.05, 3.63) is 125 Å². The molecular formula is C32H30ClNO4. The van der Waals surface area contributed by atoms with E-state index in [1.165, 1.54) is 0 Å². The molecule has 0 spiro atoms. The van der Waals surface area contributed by atoms with E-state index in [0.29, 0.717) is 47.5 Å². The number of benzene rings is 4. The van der Waals surface area contributed by atoms with Gasteiger partial charge in [0.1, 0.15) is 11.5 Å². The van der Waals surface area contributed by atoms with Crippen LogP contribution in [0.1, 0.15) is 16.7 Å². The molecular weight excluding hydrogens is 498 g/mol. The second-order valence-electron chi connectivity index (χ2n) is 8.65. The minimum absolute atomic E-state index is 0.0710. The summed E-state index contributed by atoms with van der Waals surface area (Å²) in [5, 5.41) is 0.651. The standard InChI is InChI=1S/C32H30ClNO4/c1-36-30-17-11-25(22-31(30)37-2)19-20-34(32(35)18-12-24-7-4-3-5-8-24)23-26-9-6-10-29(21-26)38-28-15-13-27(33)14-16-28/h3-18,21-22H,19-20,23H2,1-2H3/b18-12+. The van der Waals surface area contributed by atoms with Gasteiger partial charge in [-0.3, -0.25) is 4.79 Å². The van der Waals surface area contributed by atoms with Crippen LogP contribution in [0.3, 0.4) is 0 Å². The lowest BCUT2D eigenvalue weighted by molar-refractivity contribution is -0.126. The Kier molecular flexibility index (Phi) is 9.43. The quantitative estimate of drug-likeness (QED) is 0.190. The number of methoxy groups -OCH3 is 2. The van der Waals surface area contributed by atoms with Crippen LogP contribution in [-0.4, -0.2) is 31.6 Å². The molecule has 1 amide bonds. The minimum atomic E-state index is -0.0710. The molecule has 0 radical (unpaired) electrons. The second kappa shape index (κ2) is 13.4. The van der Waals surface area contributed by atoms with Crippen molar-refractivity contribution in [2.24, 2.45) is 0 Å². The van der Waals surface area contributed by atoms with E-state index in [4.69, 9.17) is 25.8 Å². The fraction of sp³-hybridized carbons (Fsp3) is 0.156. The first-order valence-electron chi connectivity index (χ1n) is 12.3. The summed E-state index contributed by atoms with van der Waals surface area (Å²) < 4.78 is 16.8. The summed E-state index contributed by atoms with van der Waals surface area (Å²) in [5.41, 5.74) is 2.98. The summed E-state index contributed by atoms with van der Waals surface area (Å²) in [4.78, 5) is 15.2. The molecule has 0 saturated carbocycles. The molecule has 4 rings (SSSR count). The number of carbonyl (C=O) groups is 1. The highest BCUT2D eigenvalue weighted by Gasteiger charge is 2.14. The topological polar surface area (TPSA) is 48.0 Å². The Morgan fingerprint density at radius 2 is 1.55 bits per heavy atom. The molecule has 38 heavy (non-hydrogen) atoms. The van der Waals surface area contributed by atoms with E-state index in [1.807, 2.05) is 95.9 Å². The Morgan fingerprint density at radius 1 is 0.789 bits per heavy atom. The maximum atomic E-state index is 13.3. The Balaban J connectivity index is 1.52. The maximum absolute atomic E-state index is 13.3. The SMILES string of the molecule is COc1ccc(CCN(Cc2cccc(Oc3ccc(Cl)cc3)c2)C(=O)/C=C/c2ccccc2)cc1OC. The number of amides is 1. The zero-order valence-electron chi connectivity index (χ0n) is 21.5. The van der Waals surface area contributed by atoms with Gasteiger partial charge >= 0.3 is 0 Å². The molecule has 0 heterocycles. The Bertz CT molecular complexity index is 1370. The summed E-state index contributed by atoms with van der Waals surface area (Å²) in [7, 11) is 3.23. The van der Waals surface area contributed by atoms with Crippen molar-refractivity contribution < 1.29 is 19.0 Å². The van der Waals surface area contributed by atoms with E-state index in [0.717, 1.165) is 16.7 Å². The Hall–Kier alpha value is -4.22. The summed E-state index contributed by atoms with van der Waals surface area (Å²) in [6, 6.07) is 30.6. The predicted octanol–water partition coefficient (Wildman–Crippen LogP) is 7.43. The van der Waals surface area contributed by atoms with Gasteiger partial charge in [0.05, 0.1) is 14.2 Å². The molecule has 0 atom stereocenters. The smallest absolute Gasteiger partial charge is 0.246 e. The first kappa shape index (κ1) is 26.8. The lowest BCUT2D eigenvalue weighted by Gasteiger charge is -2.22. The number of hydrogen-bond acceptors (Lipinski definition) is 4. The molecule has 4 aromatic carbocycles. The van der Waals surface area contributed by atoms with E-state index in [1.54, 1.807) is 32.4 Å². The van der Waals surface area contributed by atoms with Gasteiger partial charge in [-0.15, -0.1) is 0 Å². The fourth-order valence-corrected chi connectivity index (χ4v) is 4.10. The van der Waals surface area contributed by atoms with E-state index >= 15 is 0 Å². The van der Waals surface area contributed by atoms with Crippen LogP contribution >= 0.6 is 11.6 Å². The van der Waals surface area contributed by atoms with E-state index < -0.39 is 0 Å². The highest BCUT2D eigenvalue weighted by molar-refractivity contribution is 6.30. The zero-order valence-corrected chi connectivity index (χ0v) is 22.2. The van der Waals surface area contributed by atoms with Crippen LogP contribution in [-0.2, 0) is 17.8 Å². The van der Waals surface area contributed by atoms with Crippen molar-refractivity contribution in [3.63, 3.8) is 0 Å². The zero-order chi connectivity index (χ0) is 26.7. The van der Waals surface area contributed by atoms with E-state index in [2.05, 4.69) is 0 Å². The number of nitrogens with zero attached hydrogens (tertiary/aromatic N) is 1. The average molecular weight is 528 g/mol. The van der Waals surface area contributed by atoms with Crippen LogP contribution in [0.25, 0.3) is 6.08 Å². The van der Waals surface area contributed by atoms with Crippen LogP contribution < -0.4 is 14.2 Å². The first-order valence-corrected chi connectivity index (χ1v) is 12.7. The molecule has 0 unspecified atom stereocenters. The normalized spacial score (nSPS) is 10.8.